The molecule has 28 heavy (non-hydrogen) atoms. The van der Waals surface area contributed by atoms with Crippen LogP contribution in [-0.2, 0) is 17.7 Å². The Morgan fingerprint density at radius 3 is 3.04 bits per heavy atom. The highest BCUT2D eigenvalue weighted by atomic mass is 32.1. The summed E-state index contributed by atoms with van der Waals surface area (Å²) in [4.78, 5) is 30.8. The lowest BCUT2D eigenvalue weighted by Gasteiger charge is -2.14. The predicted octanol–water partition coefficient (Wildman–Crippen LogP) is 1.72. The van der Waals surface area contributed by atoms with Gasteiger partial charge >= 0.3 is 0 Å². The molecule has 0 saturated carbocycles. The van der Waals surface area contributed by atoms with Gasteiger partial charge in [-0.3, -0.25) is 9.59 Å². The minimum atomic E-state index is -0.348. The quantitative estimate of drug-likeness (QED) is 0.679. The summed E-state index contributed by atoms with van der Waals surface area (Å²) >= 11 is 1.53. The van der Waals surface area contributed by atoms with Gasteiger partial charge in [0.1, 0.15) is 10.6 Å². The van der Waals surface area contributed by atoms with Crippen LogP contribution < -0.4 is 10.9 Å². The fraction of sp³-hybridized carbons (Fsp3) is 0.474. The number of ether oxygens (including phenoxy) is 1. The van der Waals surface area contributed by atoms with Crippen molar-refractivity contribution in [1.29, 1.82) is 0 Å². The number of pyridine rings is 1. The third kappa shape index (κ3) is 3.85. The molecule has 8 nitrogen and oxygen atoms in total. The molecule has 1 atom stereocenters. The summed E-state index contributed by atoms with van der Waals surface area (Å²) in [7, 11) is 0. The van der Waals surface area contributed by atoms with E-state index in [1.807, 2.05) is 19.2 Å². The standard InChI is InChI=1S/C19H23N5O3S/c1-12-6-8-23(11-15-4-3-9-27-15)18(26)16(12)17(25)20-7-5-14-10-24-19(21-14)28-13(2)22-24/h6,8,10,15H,3-5,7,9,11H2,1-2H3,(H,20,25). The van der Waals surface area contributed by atoms with E-state index in [9.17, 15) is 9.59 Å². The number of nitrogens with one attached hydrogen (secondary N) is 1. The zero-order chi connectivity index (χ0) is 19.7. The molecule has 1 aliphatic heterocycles. The molecule has 0 spiro atoms. The topological polar surface area (TPSA) is 90.5 Å². The third-order valence-corrected chi connectivity index (χ3v) is 5.72. The van der Waals surface area contributed by atoms with Crippen LogP contribution in [0.1, 0.15) is 39.5 Å². The van der Waals surface area contributed by atoms with Crippen LogP contribution in [0.2, 0.25) is 0 Å². The van der Waals surface area contributed by atoms with E-state index < -0.39 is 0 Å². The van der Waals surface area contributed by atoms with Gasteiger partial charge < -0.3 is 14.6 Å². The fourth-order valence-electron chi connectivity index (χ4n) is 3.45. The van der Waals surface area contributed by atoms with Gasteiger partial charge in [0.15, 0.2) is 0 Å². The number of hydrogen-bond acceptors (Lipinski definition) is 6. The Morgan fingerprint density at radius 2 is 2.29 bits per heavy atom. The number of aromatic nitrogens is 4. The molecule has 4 heterocycles. The molecule has 0 aliphatic carbocycles. The second kappa shape index (κ2) is 7.84. The van der Waals surface area contributed by atoms with Gasteiger partial charge in [0.05, 0.1) is 24.5 Å². The smallest absolute Gasteiger partial charge is 0.263 e. The fourth-order valence-corrected chi connectivity index (χ4v) is 4.19. The number of amides is 1. The molecule has 0 radical (unpaired) electrons. The summed E-state index contributed by atoms with van der Waals surface area (Å²) < 4.78 is 8.94. The maximum atomic E-state index is 12.8. The van der Waals surface area contributed by atoms with Crippen molar-refractivity contribution in [1.82, 2.24) is 24.5 Å². The van der Waals surface area contributed by atoms with Crippen LogP contribution in [-0.4, -0.2) is 44.3 Å². The van der Waals surface area contributed by atoms with Gasteiger partial charge in [-0.2, -0.15) is 5.10 Å². The Kier molecular flexibility index (Phi) is 5.27. The Bertz CT molecular complexity index is 1030. The van der Waals surface area contributed by atoms with E-state index in [1.165, 1.54) is 11.3 Å². The summed E-state index contributed by atoms with van der Waals surface area (Å²) in [6, 6.07) is 1.81. The largest absolute Gasteiger partial charge is 0.376 e. The van der Waals surface area contributed by atoms with E-state index in [4.69, 9.17) is 4.74 Å². The number of carbonyl (C=O) groups is 1. The zero-order valence-electron chi connectivity index (χ0n) is 16.0. The average molecular weight is 401 g/mol. The summed E-state index contributed by atoms with van der Waals surface area (Å²) in [5, 5.41) is 8.14. The van der Waals surface area contributed by atoms with Crippen molar-refractivity contribution in [2.75, 3.05) is 13.2 Å². The first kappa shape index (κ1) is 18.8. The van der Waals surface area contributed by atoms with E-state index in [-0.39, 0.29) is 23.1 Å². The van der Waals surface area contributed by atoms with Crippen molar-refractivity contribution in [3.05, 3.63) is 50.6 Å². The van der Waals surface area contributed by atoms with Crippen molar-refractivity contribution < 1.29 is 9.53 Å². The first-order chi connectivity index (χ1) is 13.5. The molecule has 3 aromatic heterocycles. The highest BCUT2D eigenvalue weighted by molar-refractivity contribution is 7.16. The number of aryl methyl sites for hydroxylation is 2. The second-order valence-electron chi connectivity index (χ2n) is 7.05. The monoisotopic (exact) mass is 401 g/mol. The van der Waals surface area contributed by atoms with Crippen LogP contribution in [0.15, 0.2) is 23.3 Å². The number of fused-ring (bicyclic) bond motifs is 1. The molecule has 1 saturated heterocycles. The third-order valence-electron chi connectivity index (χ3n) is 4.89. The molecule has 4 rings (SSSR count). The van der Waals surface area contributed by atoms with E-state index in [0.29, 0.717) is 25.1 Å². The van der Waals surface area contributed by atoms with Crippen LogP contribution in [0.3, 0.4) is 0 Å². The van der Waals surface area contributed by atoms with Gasteiger partial charge in [-0.15, -0.1) is 0 Å². The lowest BCUT2D eigenvalue weighted by Crippen LogP contribution is -2.36. The molecular formula is C19H23N5O3S. The SMILES string of the molecule is Cc1nn2cc(CCNC(=O)c3c(C)ccn(CC4CCCO4)c3=O)nc2s1. The van der Waals surface area contributed by atoms with Crippen LogP contribution >= 0.6 is 11.3 Å². The van der Waals surface area contributed by atoms with Gasteiger partial charge in [-0.05, 0) is 38.3 Å². The van der Waals surface area contributed by atoms with Gasteiger partial charge in [0, 0.05) is 25.8 Å². The van der Waals surface area contributed by atoms with Crippen LogP contribution in [0.5, 0.6) is 0 Å². The minimum Gasteiger partial charge on any atom is -0.376 e. The van der Waals surface area contributed by atoms with Crippen LogP contribution in [0, 0.1) is 13.8 Å². The lowest BCUT2D eigenvalue weighted by molar-refractivity contribution is 0.0930. The molecule has 1 N–H and O–H groups in total. The first-order valence-electron chi connectivity index (χ1n) is 9.43. The van der Waals surface area contributed by atoms with E-state index in [2.05, 4.69) is 15.4 Å². The van der Waals surface area contributed by atoms with Gasteiger partial charge in [0.2, 0.25) is 4.96 Å². The van der Waals surface area contributed by atoms with Gasteiger partial charge in [0.25, 0.3) is 11.5 Å². The molecule has 3 aromatic rings. The summed E-state index contributed by atoms with van der Waals surface area (Å²) in [5.74, 6) is -0.348. The molecular weight excluding hydrogens is 378 g/mol. The van der Waals surface area contributed by atoms with Crippen LogP contribution in [0.4, 0.5) is 0 Å². The highest BCUT2D eigenvalue weighted by Crippen LogP contribution is 2.14. The Balaban J connectivity index is 1.41. The van der Waals surface area contributed by atoms with Crippen molar-refractivity contribution in [2.45, 2.75) is 45.8 Å². The predicted molar refractivity (Wildman–Crippen MR) is 106 cm³/mol. The Labute approximate surface area is 166 Å². The minimum absolute atomic E-state index is 0.0448. The van der Waals surface area contributed by atoms with Gasteiger partial charge in [-0.1, -0.05) is 11.3 Å². The van der Waals surface area contributed by atoms with E-state index >= 15 is 0 Å². The maximum Gasteiger partial charge on any atom is 0.263 e. The summed E-state index contributed by atoms with van der Waals surface area (Å²) in [6.45, 7) is 5.34. The molecule has 0 bridgehead atoms. The second-order valence-corrected chi connectivity index (χ2v) is 8.21. The number of imidazole rings is 1. The lowest BCUT2D eigenvalue weighted by atomic mass is 10.1. The number of carbonyl (C=O) groups excluding carboxylic acids is 1. The number of nitrogens with zero attached hydrogens (tertiary/aromatic N) is 4. The van der Waals surface area contributed by atoms with E-state index in [0.717, 1.165) is 35.1 Å². The summed E-state index contributed by atoms with van der Waals surface area (Å²) in [6.07, 6.45) is 6.19. The van der Waals surface area contributed by atoms with Crippen molar-refractivity contribution in [3.63, 3.8) is 0 Å². The highest BCUT2D eigenvalue weighted by Gasteiger charge is 2.20. The van der Waals surface area contributed by atoms with Crippen molar-refractivity contribution >= 4 is 22.2 Å². The molecule has 1 amide bonds. The number of rotatable bonds is 6. The van der Waals surface area contributed by atoms with Gasteiger partial charge in [-0.25, -0.2) is 9.50 Å². The summed E-state index contributed by atoms with van der Waals surface area (Å²) in [5.41, 5.74) is 1.46. The zero-order valence-corrected chi connectivity index (χ0v) is 16.8. The molecule has 1 fully saturated rings. The van der Waals surface area contributed by atoms with Crippen molar-refractivity contribution in [3.8, 4) is 0 Å². The normalized spacial score (nSPS) is 16.7. The van der Waals surface area contributed by atoms with E-state index in [1.54, 1.807) is 22.2 Å². The molecule has 148 valence electrons. The Morgan fingerprint density at radius 1 is 1.43 bits per heavy atom. The molecule has 1 aliphatic rings. The molecule has 0 aromatic carbocycles. The van der Waals surface area contributed by atoms with Crippen LogP contribution in [0.25, 0.3) is 4.96 Å². The molecule has 1 unspecified atom stereocenters. The maximum absolute atomic E-state index is 12.8. The first-order valence-corrected chi connectivity index (χ1v) is 10.2. The van der Waals surface area contributed by atoms with Crippen molar-refractivity contribution in [2.24, 2.45) is 0 Å². The molecule has 9 heteroatoms. The number of hydrogen-bond donors (Lipinski definition) is 1. The average Bonchev–Trinajstić information content (AvgIpc) is 3.34. The Hall–Kier alpha value is -2.52.